The molecular weight excluding hydrogens is 246 g/mol. The fourth-order valence-corrected chi connectivity index (χ4v) is 2.91. The number of esters is 1. The maximum atomic E-state index is 12.4. The van der Waals surface area contributed by atoms with Gasteiger partial charge in [-0.2, -0.15) is 0 Å². The van der Waals surface area contributed by atoms with Crippen LogP contribution < -0.4 is 0 Å². The Bertz CT molecular complexity index is 385. The SMILES string of the molecule is C=COC(=O)[C@@H]1C[C@H](C(=O)N2CCOCC2)C1(C)C. The molecule has 0 aromatic rings. The Hall–Kier alpha value is -1.36. The van der Waals surface area contributed by atoms with Gasteiger partial charge in [0.15, 0.2) is 0 Å². The van der Waals surface area contributed by atoms with Crippen LogP contribution in [0.25, 0.3) is 0 Å². The number of hydrogen-bond acceptors (Lipinski definition) is 4. The molecule has 19 heavy (non-hydrogen) atoms. The van der Waals surface area contributed by atoms with Crippen LogP contribution in [0.4, 0.5) is 0 Å². The van der Waals surface area contributed by atoms with Crippen molar-refractivity contribution < 1.29 is 19.1 Å². The number of carbonyl (C=O) groups is 2. The molecule has 5 heteroatoms. The Kier molecular flexibility index (Phi) is 3.94. The van der Waals surface area contributed by atoms with Gasteiger partial charge in [-0.3, -0.25) is 9.59 Å². The van der Waals surface area contributed by atoms with E-state index in [2.05, 4.69) is 6.58 Å². The molecule has 1 saturated carbocycles. The fraction of sp³-hybridized carbons (Fsp3) is 0.714. The van der Waals surface area contributed by atoms with Crippen molar-refractivity contribution in [1.82, 2.24) is 4.90 Å². The second-order valence-electron chi connectivity index (χ2n) is 5.70. The largest absolute Gasteiger partial charge is 0.435 e. The van der Waals surface area contributed by atoms with Crippen LogP contribution in [0.1, 0.15) is 20.3 Å². The third kappa shape index (κ3) is 2.52. The third-order valence-corrected chi connectivity index (χ3v) is 4.37. The summed E-state index contributed by atoms with van der Waals surface area (Å²) in [7, 11) is 0. The van der Waals surface area contributed by atoms with E-state index in [0.29, 0.717) is 32.7 Å². The zero-order valence-corrected chi connectivity index (χ0v) is 11.6. The van der Waals surface area contributed by atoms with E-state index in [0.717, 1.165) is 6.26 Å². The minimum Gasteiger partial charge on any atom is -0.435 e. The van der Waals surface area contributed by atoms with E-state index in [1.54, 1.807) is 0 Å². The summed E-state index contributed by atoms with van der Waals surface area (Å²) < 4.78 is 10.1. The summed E-state index contributed by atoms with van der Waals surface area (Å²) in [6, 6.07) is 0. The normalized spacial score (nSPS) is 29.3. The van der Waals surface area contributed by atoms with Gasteiger partial charge in [-0.25, -0.2) is 0 Å². The number of carbonyl (C=O) groups excluding carboxylic acids is 2. The Morgan fingerprint density at radius 2 is 1.95 bits per heavy atom. The molecule has 2 rings (SSSR count). The van der Waals surface area contributed by atoms with Gasteiger partial charge in [0.25, 0.3) is 0 Å². The van der Waals surface area contributed by atoms with E-state index in [1.807, 2.05) is 18.7 Å². The zero-order chi connectivity index (χ0) is 14.0. The zero-order valence-electron chi connectivity index (χ0n) is 11.6. The van der Waals surface area contributed by atoms with Gasteiger partial charge >= 0.3 is 5.97 Å². The van der Waals surface area contributed by atoms with E-state index in [1.165, 1.54) is 0 Å². The van der Waals surface area contributed by atoms with E-state index in [-0.39, 0.29) is 29.1 Å². The summed E-state index contributed by atoms with van der Waals surface area (Å²) in [5.74, 6) is -0.476. The molecule has 106 valence electrons. The summed E-state index contributed by atoms with van der Waals surface area (Å²) >= 11 is 0. The fourth-order valence-electron chi connectivity index (χ4n) is 2.91. The average Bonchev–Trinajstić information content (AvgIpc) is 2.38. The number of ether oxygens (including phenoxy) is 2. The van der Waals surface area contributed by atoms with Crippen LogP contribution in [0.15, 0.2) is 12.8 Å². The summed E-state index contributed by atoms with van der Waals surface area (Å²) in [6.07, 6.45) is 1.71. The molecule has 1 aliphatic carbocycles. The standard InChI is InChI=1S/C14H21NO4/c1-4-19-13(17)11-9-10(14(11,2)3)12(16)15-5-7-18-8-6-15/h4,10-11H,1,5-9H2,2-3H3/t10-,11+/m1/s1. The van der Waals surface area contributed by atoms with Gasteiger partial charge in [0, 0.05) is 19.0 Å². The predicted octanol–water partition coefficient (Wildman–Crippen LogP) is 1.19. The molecule has 1 heterocycles. The van der Waals surface area contributed by atoms with Crippen molar-refractivity contribution in [2.45, 2.75) is 20.3 Å². The highest BCUT2D eigenvalue weighted by molar-refractivity contribution is 5.85. The van der Waals surface area contributed by atoms with Gasteiger partial charge in [-0.15, -0.1) is 0 Å². The van der Waals surface area contributed by atoms with Gasteiger partial charge in [-0.1, -0.05) is 20.4 Å². The van der Waals surface area contributed by atoms with Gasteiger partial charge in [-0.05, 0) is 11.8 Å². The molecule has 1 saturated heterocycles. The van der Waals surface area contributed by atoms with E-state index in [9.17, 15) is 9.59 Å². The number of morpholine rings is 1. The quantitative estimate of drug-likeness (QED) is 0.569. The van der Waals surface area contributed by atoms with Crippen molar-refractivity contribution in [3.63, 3.8) is 0 Å². The van der Waals surface area contributed by atoms with Gasteiger partial charge in [0.1, 0.15) is 0 Å². The van der Waals surface area contributed by atoms with E-state index >= 15 is 0 Å². The maximum Gasteiger partial charge on any atom is 0.314 e. The van der Waals surface area contributed by atoms with Crippen LogP contribution in [-0.4, -0.2) is 43.1 Å². The smallest absolute Gasteiger partial charge is 0.314 e. The molecule has 0 radical (unpaired) electrons. The van der Waals surface area contributed by atoms with Crippen molar-refractivity contribution >= 4 is 11.9 Å². The molecular formula is C14H21NO4. The predicted molar refractivity (Wildman–Crippen MR) is 69.1 cm³/mol. The third-order valence-electron chi connectivity index (χ3n) is 4.37. The Balaban J connectivity index is 1.98. The molecule has 0 spiro atoms. The number of amides is 1. The number of nitrogens with zero attached hydrogens (tertiary/aromatic N) is 1. The van der Waals surface area contributed by atoms with Crippen molar-refractivity contribution in [3.8, 4) is 0 Å². The average molecular weight is 267 g/mol. The van der Waals surface area contributed by atoms with Crippen molar-refractivity contribution in [2.24, 2.45) is 17.3 Å². The number of rotatable bonds is 3. The molecule has 2 aliphatic rings. The Morgan fingerprint density at radius 1 is 1.32 bits per heavy atom. The lowest BCUT2D eigenvalue weighted by Crippen LogP contribution is -2.57. The molecule has 0 unspecified atom stereocenters. The van der Waals surface area contributed by atoms with E-state index in [4.69, 9.17) is 9.47 Å². The Morgan fingerprint density at radius 3 is 2.47 bits per heavy atom. The van der Waals surface area contributed by atoms with Crippen LogP contribution >= 0.6 is 0 Å². The van der Waals surface area contributed by atoms with Crippen molar-refractivity contribution in [3.05, 3.63) is 12.8 Å². The molecule has 1 aliphatic heterocycles. The van der Waals surface area contributed by atoms with Crippen molar-refractivity contribution in [2.75, 3.05) is 26.3 Å². The molecule has 0 bridgehead atoms. The first-order chi connectivity index (χ1) is 8.98. The minimum absolute atomic E-state index is 0.104. The lowest BCUT2D eigenvalue weighted by Gasteiger charge is -2.50. The second-order valence-corrected chi connectivity index (χ2v) is 5.70. The monoisotopic (exact) mass is 267 g/mol. The summed E-state index contributed by atoms with van der Waals surface area (Å²) in [4.78, 5) is 26.0. The molecule has 5 nitrogen and oxygen atoms in total. The minimum atomic E-state index is -0.352. The topological polar surface area (TPSA) is 55.8 Å². The lowest BCUT2D eigenvalue weighted by molar-refractivity contribution is -0.170. The summed E-state index contributed by atoms with van der Waals surface area (Å²) in [6.45, 7) is 9.78. The van der Waals surface area contributed by atoms with Gasteiger partial charge < -0.3 is 14.4 Å². The highest BCUT2D eigenvalue weighted by Crippen LogP contribution is 2.52. The highest BCUT2D eigenvalue weighted by atomic mass is 16.5. The molecule has 1 amide bonds. The van der Waals surface area contributed by atoms with E-state index < -0.39 is 0 Å². The maximum absolute atomic E-state index is 12.4. The van der Waals surface area contributed by atoms with Crippen molar-refractivity contribution in [1.29, 1.82) is 0 Å². The number of hydrogen-bond donors (Lipinski definition) is 0. The molecule has 2 fully saturated rings. The summed E-state index contributed by atoms with van der Waals surface area (Å²) in [5.41, 5.74) is -0.352. The molecule has 0 N–H and O–H groups in total. The molecule has 0 aromatic heterocycles. The van der Waals surface area contributed by atoms with Gasteiger partial charge in [0.2, 0.25) is 5.91 Å². The first-order valence-corrected chi connectivity index (χ1v) is 6.66. The molecule has 2 atom stereocenters. The van der Waals surface area contributed by atoms with Gasteiger partial charge in [0.05, 0.1) is 25.4 Å². The van der Waals surface area contributed by atoms with Crippen LogP contribution in [0.2, 0.25) is 0 Å². The van der Waals surface area contributed by atoms with Crippen LogP contribution in [0.3, 0.4) is 0 Å². The molecule has 0 aromatic carbocycles. The second kappa shape index (κ2) is 5.33. The first-order valence-electron chi connectivity index (χ1n) is 6.66. The summed E-state index contributed by atoms with van der Waals surface area (Å²) in [5, 5.41) is 0. The van der Waals surface area contributed by atoms with Crippen LogP contribution in [-0.2, 0) is 19.1 Å². The highest BCUT2D eigenvalue weighted by Gasteiger charge is 2.56. The first kappa shape index (κ1) is 14.1. The van der Waals surface area contributed by atoms with Crippen LogP contribution in [0, 0.1) is 17.3 Å². The lowest BCUT2D eigenvalue weighted by atomic mass is 9.54. The Labute approximate surface area is 113 Å². The van der Waals surface area contributed by atoms with Crippen LogP contribution in [0.5, 0.6) is 0 Å².